The lowest BCUT2D eigenvalue weighted by Gasteiger charge is -2.39. The Labute approximate surface area is 312 Å². The summed E-state index contributed by atoms with van der Waals surface area (Å²) in [5.74, 6) is 3.41. The molecule has 0 spiro atoms. The fourth-order valence-corrected chi connectivity index (χ4v) is 9.92. The van der Waals surface area contributed by atoms with Gasteiger partial charge in [-0.3, -0.25) is 0 Å². The lowest BCUT2D eigenvalue weighted by Crippen LogP contribution is -2.43. The van der Waals surface area contributed by atoms with E-state index in [0.717, 1.165) is 19.3 Å². The Morgan fingerprint density at radius 1 is 0.569 bits per heavy atom. The molecule has 0 fully saturated rings. The second-order valence-electron chi connectivity index (χ2n) is 17.2. The van der Waals surface area contributed by atoms with E-state index in [0.29, 0.717) is 55.2 Å². The highest BCUT2D eigenvalue weighted by Gasteiger charge is 2.42. The minimum Gasteiger partial charge on any atom is -0.0954 e. The normalized spacial score (nSPS) is 27.5. The highest BCUT2D eigenvalue weighted by molar-refractivity contribution is 6.84. The highest BCUT2D eigenvalue weighted by atomic mass is 14.2. The van der Waals surface area contributed by atoms with E-state index in [4.69, 9.17) is 0 Å². The maximum Gasteiger partial charge on any atom is 0.212 e. The van der Waals surface area contributed by atoms with Gasteiger partial charge in [0.25, 0.3) is 0 Å². The van der Waals surface area contributed by atoms with Crippen molar-refractivity contribution in [1.29, 1.82) is 0 Å². The van der Waals surface area contributed by atoms with Crippen molar-refractivity contribution in [2.24, 2.45) is 11.8 Å². The first-order chi connectivity index (χ1) is 24.7. The van der Waals surface area contributed by atoms with Gasteiger partial charge in [-0.25, -0.2) is 0 Å². The molecule has 0 amide bonds. The molecule has 0 nitrogen and oxygen atoms in total. The molecule has 6 atom stereocenters. The molecule has 2 aromatic rings. The van der Waals surface area contributed by atoms with Crippen LogP contribution in [0.4, 0.5) is 0 Å². The van der Waals surface area contributed by atoms with Crippen LogP contribution >= 0.6 is 0 Å². The van der Waals surface area contributed by atoms with Gasteiger partial charge in [0.05, 0.1) is 0 Å². The molecule has 0 bridgehead atoms. The lowest BCUT2D eigenvalue weighted by molar-refractivity contribution is 0.577. The van der Waals surface area contributed by atoms with Crippen LogP contribution in [0.25, 0.3) is 0 Å². The molecule has 0 saturated heterocycles. The molecule has 0 aliphatic heterocycles. The van der Waals surface area contributed by atoms with Crippen LogP contribution in [0, 0.1) is 25.7 Å². The third-order valence-electron chi connectivity index (χ3n) is 13.1. The number of allylic oxidation sites excluding steroid dienone is 16. The number of hydrogen-bond acceptors (Lipinski definition) is 0. The smallest absolute Gasteiger partial charge is 0.0954 e. The van der Waals surface area contributed by atoms with E-state index in [1.807, 2.05) is 0 Å². The van der Waals surface area contributed by atoms with Crippen molar-refractivity contribution < 1.29 is 0 Å². The quantitative estimate of drug-likeness (QED) is 0.184. The monoisotopic (exact) mass is 668 g/mol. The van der Waals surface area contributed by atoms with Crippen molar-refractivity contribution in [2.45, 2.75) is 116 Å². The second-order valence-corrected chi connectivity index (χ2v) is 17.2. The topological polar surface area (TPSA) is 0 Å². The summed E-state index contributed by atoms with van der Waals surface area (Å²) in [6.45, 7) is 15.1. The summed E-state index contributed by atoms with van der Waals surface area (Å²) >= 11 is 0. The summed E-state index contributed by atoms with van der Waals surface area (Å²) in [6, 6.07) is 19.2. The van der Waals surface area contributed by atoms with Gasteiger partial charge in [-0.1, -0.05) is 192 Å². The average molecular weight is 668 g/mol. The molecular weight excluding hydrogens is 609 g/mol. The SMILES string of the molecule is CC1=CCC(B(C2=CC(B(c3ccc(C)cc3)[C@@H]3CC=C(C)CC3)=CC(B(C3=CCC(C)C=C3)C3C=CC(C)CC3)C2)c2ccc(C)cc2)C=C1. The van der Waals surface area contributed by atoms with E-state index in [9.17, 15) is 0 Å². The predicted molar refractivity (Wildman–Crippen MR) is 228 cm³/mol. The van der Waals surface area contributed by atoms with Crippen LogP contribution in [0.2, 0.25) is 23.3 Å². The highest BCUT2D eigenvalue weighted by Crippen LogP contribution is 2.46. The van der Waals surface area contributed by atoms with Crippen LogP contribution in [0.3, 0.4) is 0 Å². The molecule has 5 unspecified atom stereocenters. The molecule has 0 radical (unpaired) electrons. The number of hydrogen-bond donors (Lipinski definition) is 0. The number of benzene rings is 2. The fourth-order valence-electron chi connectivity index (χ4n) is 9.92. The molecule has 3 heteroatoms. The van der Waals surface area contributed by atoms with E-state index in [1.165, 1.54) is 59.7 Å². The molecular formula is C48H59B3. The Balaban J connectivity index is 1.40. The van der Waals surface area contributed by atoms with Crippen molar-refractivity contribution in [3.8, 4) is 0 Å². The first kappa shape index (κ1) is 35.9. The van der Waals surface area contributed by atoms with Gasteiger partial charge in [0.15, 0.2) is 6.71 Å². The van der Waals surface area contributed by atoms with E-state index < -0.39 is 0 Å². The van der Waals surface area contributed by atoms with E-state index in [-0.39, 0.29) is 0 Å². The van der Waals surface area contributed by atoms with Gasteiger partial charge in [0.1, 0.15) is 0 Å². The van der Waals surface area contributed by atoms with Crippen LogP contribution in [-0.4, -0.2) is 20.1 Å². The Morgan fingerprint density at radius 3 is 1.88 bits per heavy atom. The van der Waals surface area contributed by atoms with Crippen molar-refractivity contribution in [2.75, 3.05) is 0 Å². The molecule has 0 aromatic heterocycles. The van der Waals surface area contributed by atoms with Gasteiger partial charge in [-0.2, -0.15) is 0 Å². The van der Waals surface area contributed by atoms with Gasteiger partial charge < -0.3 is 0 Å². The molecule has 0 N–H and O–H groups in total. The number of rotatable bonds is 9. The van der Waals surface area contributed by atoms with Crippen molar-refractivity contribution in [1.82, 2.24) is 0 Å². The zero-order valence-electron chi connectivity index (χ0n) is 32.3. The summed E-state index contributed by atoms with van der Waals surface area (Å²) in [6.07, 6.45) is 37.9. The Bertz CT molecular complexity index is 1790. The van der Waals surface area contributed by atoms with Crippen LogP contribution in [0.1, 0.15) is 90.2 Å². The molecule has 0 heterocycles. The van der Waals surface area contributed by atoms with E-state index in [1.54, 1.807) is 22.0 Å². The fraction of sp³-hybridized carbons (Fsp3) is 0.417. The molecule has 5 aliphatic carbocycles. The molecule has 260 valence electrons. The average Bonchev–Trinajstić information content (AvgIpc) is 3.13. The standard InChI is InChI=1S/C48H59B3/c1-34-7-19-40(20-8-34)49(41-21-9-35(2)10-22-41)46-31-47(50(42-23-11-36(3)12-24-42)43-25-13-37(4)14-26-43)33-48(32-46)51(44-27-15-38(5)16-28-44)45-29-17-39(6)18-30-45/h7-13,15,17,19-21,23-24,27-29,31,33,38-39,41,43,45,48H,14,16,18,22,25-26,30,32H2,1-6H3/t38?,39?,41?,43-,45?,48?/m1/s1. The Morgan fingerprint density at radius 2 is 1.29 bits per heavy atom. The molecule has 5 aliphatic rings. The summed E-state index contributed by atoms with van der Waals surface area (Å²) in [5, 5.41) is 0. The van der Waals surface area contributed by atoms with Crippen molar-refractivity contribution in [3.05, 3.63) is 154 Å². The Kier molecular flexibility index (Phi) is 11.3. The van der Waals surface area contributed by atoms with Crippen LogP contribution < -0.4 is 10.9 Å². The lowest BCUT2D eigenvalue weighted by atomic mass is 9.22. The van der Waals surface area contributed by atoms with Crippen LogP contribution in [-0.2, 0) is 0 Å². The maximum atomic E-state index is 2.81. The summed E-state index contributed by atoms with van der Waals surface area (Å²) in [5.41, 5.74) is 13.4. The number of aryl methyl sites for hydroxylation is 2. The zero-order valence-corrected chi connectivity index (χ0v) is 32.3. The van der Waals surface area contributed by atoms with Gasteiger partial charge in [-0.05, 0) is 101 Å². The van der Waals surface area contributed by atoms with E-state index in [2.05, 4.69) is 157 Å². The van der Waals surface area contributed by atoms with Gasteiger partial charge >= 0.3 is 0 Å². The first-order valence-electron chi connectivity index (χ1n) is 20.3. The third kappa shape index (κ3) is 8.45. The third-order valence-corrected chi connectivity index (χ3v) is 13.1. The zero-order chi connectivity index (χ0) is 35.5. The van der Waals surface area contributed by atoms with Crippen molar-refractivity contribution in [3.63, 3.8) is 0 Å². The molecule has 51 heavy (non-hydrogen) atoms. The first-order valence-corrected chi connectivity index (χ1v) is 20.3. The van der Waals surface area contributed by atoms with Crippen LogP contribution in [0.5, 0.6) is 0 Å². The van der Waals surface area contributed by atoms with Crippen LogP contribution in [0.15, 0.2) is 143 Å². The minimum absolute atomic E-state index is 0.364. The summed E-state index contributed by atoms with van der Waals surface area (Å²) < 4.78 is 0. The molecule has 7 rings (SSSR count). The summed E-state index contributed by atoms with van der Waals surface area (Å²) in [4.78, 5) is 0. The largest absolute Gasteiger partial charge is 0.212 e. The van der Waals surface area contributed by atoms with Gasteiger partial charge in [0.2, 0.25) is 13.4 Å². The van der Waals surface area contributed by atoms with E-state index >= 15 is 0 Å². The minimum atomic E-state index is 0.364. The Hall–Kier alpha value is -3.45. The second kappa shape index (κ2) is 16.1. The molecule has 2 aromatic carbocycles. The molecule has 0 saturated carbocycles. The van der Waals surface area contributed by atoms with Gasteiger partial charge in [0, 0.05) is 0 Å². The van der Waals surface area contributed by atoms with Gasteiger partial charge in [-0.15, -0.1) is 0 Å². The maximum absolute atomic E-state index is 2.81. The van der Waals surface area contributed by atoms with Crippen molar-refractivity contribution >= 4 is 31.1 Å². The summed E-state index contributed by atoms with van der Waals surface area (Å²) in [7, 11) is 0. The predicted octanol–water partition coefficient (Wildman–Crippen LogP) is 11.8.